The van der Waals surface area contributed by atoms with Crippen LogP contribution in [-0.4, -0.2) is 29.6 Å². The molecule has 1 fully saturated rings. The zero-order valence-electron chi connectivity index (χ0n) is 16.1. The second-order valence-corrected chi connectivity index (χ2v) is 7.07. The number of nitrogens with one attached hydrogen (secondary N) is 2. The maximum atomic E-state index is 4.60. The molecule has 26 heavy (non-hydrogen) atoms. The molecule has 0 radical (unpaired) electrons. The van der Waals surface area contributed by atoms with Gasteiger partial charge in [0.1, 0.15) is 5.82 Å². The van der Waals surface area contributed by atoms with Crippen molar-refractivity contribution in [3.63, 3.8) is 0 Å². The van der Waals surface area contributed by atoms with Gasteiger partial charge in [-0.2, -0.15) is 4.98 Å². The normalized spacial score (nSPS) is 14.3. The summed E-state index contributed by atoms with van der Waals surface area (Å²) in [5, 5.41) is 6.74. The second-order valence-electron chi connectivity index (χ2n) is 7.07. The molecule has 0 atom stereocenters. The predicted molar refractivity (Wildman–Crippen MR) is 111 cm³/mol. The van der Waals surface area contributed by atoms with Crippen molar-refractivity contribution < 1.29 is 0 Å². The first kappa shape index (κ1) is 18.5. The van der Waals surface area contributed by atoms with Gasteiger partial charge in [-0.1, -0.05) is 19.8 Å². The first-order valence-electron chi connectivity index (χ1n) is 9.96. The molecule has 1 aliphatic heterocycles. The fourth-order valence-corrected chi connectivity index (χ4v) is 3.34. The highest BCUT2D eigenvalue weighted by Gasteiger charge is 2.10. The highest BCUT2D eigenvalue weighted by molar-refractivity contribution is 5.61. The van der Waals surface area contributed by atoms with Crippen molar-refractivity contribution >= 4 is 23.1 Å². The van der Waals surface area contributed by atoms with Crippen LogP contribution in [0.4, 0.5) is 23.1 Å². The van der Waals surface area contributed by atoms with Crippen LogP contribution in [0.1, 0.15) is 51.1 Å². The lowest BCUT2D eigenvalue weighted by atomic mass is 10.1. The van der Waals surface area contributed by atoms with Crippen molar-refractivity contribution in [2.24, 2.45) is 0 Å². The van der Waals surface area contributed by atoms with Crippen LogP contribution in [0.2, 0.25) is 0 Å². The third-order valence-corrected chi connectivity index (χ3v) is 4.78. The minimum absolute atomic E-state index is 0.702. The number of aryl methyl sites for hydroxylation is 1. The van der Waals surface area contributed by atoms with E-state index in [0.29, 0.717) is 5.95 Å². The third-order valence-electron chi connectivity index (χ3n) is 4.78. The molecule has 0 saturated carbocycles. The zero-order valence-corrected chi connectivity index (χ0v) is 16.1. The molecule has 0 bridgehead atoms. The maximum Gasteiger partial charge on any atom is 0.224 e. The predicted octanol–water partition coefficient (Wildman–Crippen LogP) is 5.12. The highest BCUT2D eigenvalue weighted by Crippen LogP contribution is 2.23. The van der Waals surface area contributed by atoms with Crippen LogP contribution >= 0.6 is 0 Å². The number of hydrogen-bond donors (Lipinski definition) is 2. The quantitative estimate of drug-likeness (QED) is 0.645. The molecular weight excluding hydrogens is 322 g/mol. The van der Waals surface area contributed by atoms with Crippen LogP contribution < -0.4 is 15.5 Å². The van der Waals surface area contributed by atoms with Gasteiger partial charge in [0.25, 0.3) is 0 Å². The van der Waals surface area contributed by atoms with Crippen LogP contribution in [0.5, 0.6) is 0 Å². The Hall–Kier alpha value is -2.30. The smallest absolute Gasteiger partial charge is 0.224 e. The molecule has 0 amide bonds. The number of piperidine rings is 1. The van der Waals surface area contributed by atoms with Crippen LogP contribution in [0.3, 0.4) is 0 Å². The fraction of sp³-hybridized carbons (Fsp3) is 0.524. The summed E-state index contributed by atoms with van der Waals surface area (Å²) in [6.07, 6.45) is 7.55. The van der Waals surface area contributed by atoms with Crippen LogP contribution in [0.25, 0.3) is 0 Å². The topological polar surface area (TPSA) is 53.1 Å². The van der Waals surface area contributed by atoms with Gasteiger partial charge in [0, 0.05) is 42.8 Å². The lowest BCUT2D eigenvalue weighted by molar-refractivity contribution is 0.578. The van der Waals surface area contributed by atoms with Gasteiger partial charge in [0.15, 0.2) is 0 Å². The molecule has 1 aliphatic rings. The van der Waals surface area contributed by atoms with Crippen LogP contribution in [-0.2, 0) is 0 Å². The summed E-state index contributed by atoms with van der Waals surface area (Å²) in [4.78, 5) is 11.5. The van der Waals surface area contributed by atoms with Gasteiger partial charge >= 0.3 is 0 Å². The lowest BCUT2D eigenvalue weighted by Gasteiger charge is -2.28. The van der Waals surface area contributed by atoms with E-state index in [0.717, 1.165) is 30.2 Å². The highest BCUT2D eigenvalue weighted by atomic mass is 15.1. The van der Waals surface area contributed by atoms with Crippen molar-refractivity contribution in [2.45, 2.75) is 52.4 Å². The van der Waals surface area contributed by atoms with E-state index in [2.05, 4.69) is 56.7 Å². The monoisotopic (exact) mass is 353 g/mol. The molecular formula is C21H31N5. The molecule has 1 aromatic carbocycles. The molecule has 1 saturated heterocycles. The molecule has 5 nitrogen and oxygen atoms in total. The summed E-state index contributed by atoms with van der Waals surface area (Å²) < 4.78 is 0. The van der Waals surface area contributed by atoms with E-state index < -0.39 is 0 Å². The number of nitrogens with zero attached hydrogens (tertiary/aromatic N) is 3. The molecule has 0 unspecified atom stereocenters. The second kappa shape index (κ2) is 9.41. The molecule has 1 aromatic heterocycles. The first-order valence-corrected chi connectivity index (χ1v) is 9.96. The Balaban J connectivity index is 1.61. The lowest BCUT2D eigenvalue weighted by Crippen LogP contribution is -2.29. The van der Waals surface area contributed by atoms with Crippen molar-refractivity contribution in [1.82, 2.24) is 9.97 Å². The largest absolute Gasteiger partial charge is 0.372 e. The number of anilines is 4. The Bertz CT molecular complexity index is 677. The van der Waals surface area contributed by atoms with E-state index in [1.807, 2.05) is 13.0 Å². The van der Waals surface area contributed by atoms with Crippen molar-refractivity contribution in [1.29, 1.82) is 0 Å². The Morgan fingerprint density at radius 3 is 2.50 bits per heavy atom. The SMILES string of the molecule is CCCCCNc1nc(C)cc(Nc2ccc(N3CCCCC3)cc2)n1. The summed E-state index contributed by atoms with van der Waals surface area (Å²) in [5.74, 6) is 1.54. The summed E-state index contributed by atoms with van der Waals surface area (Å²) >= 11 is 0. The summed E-state index contributed by atoms with van der Waals surface area (Å²) in [7, 11) is 0. The van der Waals surface area contributed by atoms with Crippen molar-refractivity contribution in [3.05, 3.63) is 36.0 Å². The van der Waals surface area contributed by atoms with E-state index in [-0.39, 0.29) is 0 Å². The number of hydrogen-bond acceptors (Lipinski definition) is 5. The maximum absolute atomic E-state index is 4.60. The van der Waals surface area contributed by atoms with E-state index in [9.17, 15) is 0 Å². The van der Waals surface area contributed by atoms with Crippen molar-refractivity contribution in [3.8, 4) is 0 Å². The average Bonchev–Trinajstić information content (AvgIpc) is 2.66. The van der Waals surface area contributed by atoms with Crippen molar-refractivity contribution in [2.75, 3.05) is 35.2 Å². The van der Waals surface area contributed by atoms with E-state index in [4.69, 9.17) is 0 Å². The van der Waals surface area contributed by atoms with Gasteiger partial charge in [-0.05, 0) is 56.9 Å². The van der Waals surface area contributed by atoms with Gasteiger partial charge in [-0.3, -0.25) is 0 Å². The zero-order chi connectivity index (χ0) is 18.2. The van der Waals surface area contributed by atoms with E-state index in [1.165, 1.54) is 50.9 Å². The number of aromatic nitrogens is 2. The summed E-state index contributed by atoms with van der Waals surface area (Å²) in [5.41, 5.74) is 3.33. The molecule has 2 heterocycles. The third kappa shape index (κ3) is 5.35. The summed E-state index contributed by atoms with van der Waals surface area (Å²) in [6.45, 7) is 7.47. The molecule has 5 heteroatoms. The van der Waals surface area contributed by atoms with Gasteiger partial charge in [0.2, 0.25) is 5.95 Å². The van der Waals surface area contributed by atoms with Crippen LogP contribution in [0.15, 0.2) is 30.3 Å². The Morgan fingerprint density at radius 1 is 1.00 bits per heavy atom. The molecule has 3 rings (SSSR count). The first-order chi connectivity index (χ1) is 12.7. The fourth-order valence-electron chi connectivity index (χ4n) is 3.34. The molecule has 0 aliphatic carbocycles. The molecule has 2 aromatic rings. The summed E-state index contributed by atoms with van der Waals surface area (Å²) in [6, 6.07) is 10.7. The van der Waals surface area contributed by atoms with E-state index >= 15 is 0 Å². The Kier molecular flexibility index (Phi) is 6.69. The minimum atomic E-state index is 0.702. The number of unbranched alkanes of at least 4 members (excludes halogenated alkanes) is 2. The number of benzene rings is 1. The van der Waals surface area contributed by atoms with Gasteiger partial charge in [-0.25, -0.2) is 4.98 Å². The van der Waals surface area contributed by atoms with Gasteiger partial charge in [0.05, 0.1) is 0 Å². The molecule has 0 spiro atoms. The molecule has 2 N–H and O–H groups in total. The average molecular weight is 354 g/mol. The van der Waals surface area contributed by atoms with Gasteiger partial charge in [-0.15, -0.1) is 0 Å². The standard InChI is InChI=1S/C21H31N5/c1-3-4-6-13-22-21-23-17(2)16-20(25-21)24-18-9-11-19(12-10-18)26-14-7-5-8-15-26/h9-12,16H,3-8,13-15H2,1-2H3,(H2,22,23,24,25). The Labute approximate surface area is 157 Å². The Morgan fingerprint density at radius 2 is 1.77 bits per heavy atom. The van der Waals surface area contributed by atoms with E-state index in [1.54, 1.807) is 0 Å². The van der Waals surface area contributed by atoms with Crippen LogP contribution in [0, 0.1) is 6.92 Å². The number of rotatable bonds is 8. The minimum Gasteiger partial charge on any atom is -0.372 e. The molecule has 140 valence electrons. The van der Waals surface area contributed by atoms with Gasteiger partial charge < -0.3 is 15.5 Å².